The Balaban J connectivity index is 1.88. The smallest absolute Gasteiger partial charge is 0.338 e. The fourth-order valence-electron chi connectivity index (χ4n) is 2.42. The Morgan fingerprint density at radius 1 is 1.29 bits per heavy atom. The molecule has 1 aliphatic rings. The molecule has 3 rings (SSSR count). The fraction of sp³-hybridized carbons (Fsp3) is 0.375. The summed E-state index contributed by atoms with van der Waals surface area (Å²) in [5.41, 5.74) is 1.44. The highest BCUT2D eigenvalue weighted by Crippen LogP contribution is 2.20. The van der Waals surface area contributed by atoms with Gasteiger partial charge in [0.15, 0.2) is 0 Å². The topological polar surface area (TPSA) is 51.7 Å². The van der Waals surface area contributed by atoms with Gasteiger partial charge >= 0.3 is 5.97 Å². The van der Waals surface area contributed by atoms with Gasteiger partial charge in [0.1, 0.15) is 5.82 Å². The monoisotopic (exact) mass is 286 g/mol. The molecule has 1 aromatic carbocycles. The van der Waals surface area contributed by atoms with Crippen molar-refractivity contribution in [1.82, 2.24) is 4.98 Å². The van der Waals surface area contributed by atoms with Crippen LogP contribution in [-0.4, -0.2) is 43.9 Å². The number of fused-ring (bicyclic) bond motifs is 1. The van der Waals surface area contributed by atoms with Gasteiger partial charge < -0.3 is 14.4 Å². The van der Waals surface area contributed by atoms with Crippen LogP contribution in [0.5, 0.6) is 0 Å². The average Bonchev–Trinajstić information content (AvgIpc) is 2.55. The van der Waals surface area contributed by atoms with Gasteiger partial charge in [-0.05, 0) is 37.3 Å². The molecule has 0 bridgehead atoms. The first-order valence-corrected chi connectivity index (χ1v) is 7.18. The Kier molecular flexibility index (Phi) is 4.01. The third-order valence-corrected chi connectivity index (χ3v) is 3.52. The molecule has 1 aromatic heterocycles. The molecule has 110 valence electrons. The summed E-state index contributed by atoms with van der Waals surface area (Å²) < 4.78 is 10.4. The summed E-state index contributed by atoms with van der Waals surface area (Å²) >= 11 is 0. The van der Waals surface area contributed by atoms with Crippen LogP contribution in [0.2, 0.25) is 0 Å². The second-order valence-electron chi connectivity index (χ2n) is 4.90. The lowest BCUT2D eigenvalue weighted by atomic mass is 10.1. The Hall–Kier alpha value is -2.14. The lowest BCUT2D eigenvalue weighted by Gasteiger charge is -2.27. The largest absolute Gasteiger partial charge is 0.462 e. The predicted octanol–water partition coefficient (Wildman–Crippen LogP) is 2.25. The number of carbonyl (C=O) groups is 1. The van der Waals surface area contributed by atoms with E-state index in [1.807, 2.05) is 24.3 Å². The molecule has 0 radical (unpaired) electrons. The van der Waals surface area contributed by atoms with Crippen molar-refractivity contribution in [3.63, 3.8) is 0 Å². The van der Waals surface area contributed by atoms with Crippen molar-refractivity contribution in [1.29, 1.82) is 0 Å². The number of benzene rings is 1. The zero-order chi connectivity index (χ0) is 14.7. The number of nitrogens with zero attached hydrogens (tertiary/aromatic N) is 2. The van der Waals surface area contributed by atoms with Gasteiger partial charge in [0, 0.05) is 18.5 Å². The van der Waals surface area contributed by atoms with Crippen LogP contribution in [0.25, 0.3) is 10.9 Å². The Bertz CT molecular complexity index is 651. The second-order valence-corrected chi connectivity index (χ2v) is 4.90. The van der Waals surface area contributed by atoms with Crippen LogP contribution in [0.15, 0.2) is 30.3 Å². The molecule has 1 saturated heterocycles. The zero-order valence-corrected chi connectivity index (χ0v) is 12.0. The minimum absolute atomic E-state index is 0.295. The van der Waals surface area contributed by atoms with Crippen LogP contribution in [0.1, 0.15) is 17.3 Å². The highest BCUT2D eigenvalue weighted by atomic mass is 16.5. The number of esters is 1. The summed E-state index contributed by atoms with van der Waals surface area (Å²) in [5.74, 6) is 0.659. The first kappa shape index (κ1) is 13.8. The van der Waals surface area contributed by atoms with Crippen LogP contribution < -0.4 is 4.90 Å². The van der Waals surface area contributed by atoms with E-state index in [9.17, 15) is 4.79 Å². The van der Waals surface area contributed by atoms with Crippen molar-refractivity contribution in [3.8, 4) is 0 Å². The van der Waals surface area contributed by atoms with Gasteiger partial charge in [0.25, 0.3) is 0 Å². The molecular formula is C16H18N2O3. The van der Waals surface area contributed by atoms with Crippen molar-refractivity contribution in [2.45, 2.75) is 6.92 Å². The van der Waals surface area contributed by atoms with Crippen LogP contribution in [0.4, 0.5) is 5.82 Å². The van der Waals surface area contributed by atoms with E-state index < -0.39 is 0 Å². The first-order chi connectivity index (χ1) is 10.3. The van der Waals surface area contributed by atoms with E-state index in [0.29, 0.717) is 12.2 Å². The number of morpholine rings is 1. The minimum atomic E-state index is -0.295. The number of hydrogen-bond donors (Lipinski definition) is 0. The summed E-state index contributed by atoms with van der Waals surface area (Å²) in [5, 5.41) is 0.942. The maximum Gasteiger partial charge on any atom is 0.338 e. The van der Waals surface area contributed by atoms with Gasteiger partial charge in [-0.15, -0.1) is 0 Å². The van der Waals surface area contributed by atoms with Gasteiger partial charge in [-0.2, -0.15) is 0 Å². The van der Waals surface area contributed by atoms with Gasteiger partial charge in [0.2, 0.25) is 0 Å². The van der Waals surface area contributed by atoms with Crippen LogP contribution in [0, 0.1) is 0 Å². The maximum absolute atomic E-state index is 11.7. The van der Waals surface area contributed by atoms with E-state index in [1.165, 1.54) is 0 Å². The highest BCUT2D eigenvalue weighted by molar-refractivity contribution is 5.94. The SMILES string of the molecule is CCOC(=O)c1ccc2nc(N3CCOCC3)ccc2c1. The highest BCUT2D eigenvalue weighted by Gasteiger charge is 2.13. The number of pyridine rings is 1. The van der Waals surface area contributed by atoms with E-state index in [2.05, 4.69) is 9.88 Å². The minimum Gasteiger partial charge on any atom is -0.462 e. The molecule has 0 unspecified atom stereocenters. The van der Waals surface area contributed by atoms with E-state index in [-0.39, 0.29) is 5.97 Å². The van der Waals surface area contributed by atoms with E-state index >= 15 is 0 Å². The number of aromatic nitrogens is 1. The van der Waals surface area contributed by atoms with Crippen LogP contribution >= 0.6 is 0 Å². The van der Waals surface area contributed by atoms with Gasteiger partial charge in [-0.1, -0.05) is 0 Å². The fourth-order valence-corrected chi connectivity index (χ4v) is 2.42. The molecule has 0 amide bonds. The summed E-state index contributed by atoms with van der Waals surface area (Å²) in [6.45, 7) is 5.38. The maximum atomic E-state index is 11.7. The molecule has 5 nitrogen and oxygen atoms in total. The molecule has 1 aliphatic heterocycles. The molecule has 0 N–H and O–H groups in total. The van der Waals surface area contributed by atoms with Gasteiger partial charge in [0.05, 0.1) is 30.9 Å². The summed E-state index contributed by atoms with van der Waals surface area (Å²) in [7, 11) is 0. The lowest BCUT2D eigenvalue weighted by molar-refractivity contribution is 0.0526. The van der Waals surface area contributed by atoms with Crippen molar-refractivity contribution < 1.29 is 14.3 Å². The summed E-state index contributed by atoms with van der Waals surface area (Å²) in [6.07, 6.45) is 0. The molecule has 2 heterocycles. The zero-order valence-electron chi connectivity index (χ0n) is 12.0. The van der Waals surface area contributed by atoms with E-state index in [4.69, 9.17) is 9.47 Å². The first-order valence-electron chi connectivity index (χ1n) is 7.18. The van der Waals surface area contributed by atoms with Crippen molar-refractivity contribution in [2.75, 3.05) is 37.8 Å². The standard InChI is InChI=1S/C16H18N2O3/c1-2-21-16(19)13-3-5-14-12(11-13)4-6-15(17-14)18-7-9-20-10-8-18/h3-6,11H,2,7-10H2,1H3. The molecular weight excluding hydrogens is 268 g/mol. The second kappa shape index (κ2) is 6.10. The Morgan fingerprint density at radius 2 is 2.10 bits per heavy atom. The van der Waals surface area contributed by atoms with Gasteiger partial charge in [-0.3, -0.25) is 0 Å². The van der Waals surface area contributed by atoms with Crippen molar-refractivity contribution in [2.24, 2.45) is 0 Å². The van der Waals surface area contributed by atoms with E-state index in [1.54, 1.807) is 13.0 Å². The Labute approximate surface area is 123 Å². The van der Waals surface area contributed by atoms with Gasteiger partial charge in [-0.25, -0.2) is 9.78 Å². The van der Waals surface area contributed by atoms with E-state index in [0.717, 1.165) is 43.0 Å². The number of hydrogen-bond acceptors (Lipinski definition) is 5. The van der Waals surface area contributed by atoms with Crippen LogP contribution in [0.3, 0.4) is 0 Å². The van der Waals surface area contributed by atoms with Crippen LogP contribution in [-0.2, 0) is 9.47 Å². The number of rotatable bonds is 3. The average molecular weight is 286 g/mol. The number of carbonyl (C=O) groups excluding carboxylic acids is 1. The number of ether oxygens (including phenoxy) is 2. The lowest BCUT2D eigenvalue weighted by Crippen LogP contribution is -2.36. The normalized spacial score (nSPS) is 15.2. The molecule has 21 heavy (non-hydrogen) atoms. The summed E-state index contributed by atoms with van der Waals surface area (Å²) in [6, 6.07) is 9.43. The van der Waals surface area contributed by atoms with Crippen molar-refractivity contribution in [3.05, 3.63) is 35.9 Å². The number of anilines is 1. The molecule has 1 fully saturated rings. The molecule has 2 aromatic rings. The molecule has 0 saturated carbocycles. The summed E-state index contributed by atoms with van der Waals surface area (Å²) in [4.78, 5) is 18.6. The Morgan fingerprint density at radius 3 is 2.86 bits per heavy atom. The van der Waals surface area contributed by atoms with Crippen molar-refractivity contribution >= 4 is 22.7 Å². The third-order valence-electron chi connectivity index (χ3n) is 3.52. The molecule has 5 heteroatoms. The molecule has 0 spiro atoms. The predicted molar refractivity (Wildman–Crippen MR) is 80.7 cm³/mol. The molecule has 0 aliphatic carbocycles. The molecule has 0 atom stereocenters. The third kappa shape index (κ3) is 2.97. The quantitative estimate of drug-likeness (QED) is 0.810.